The molecular weight excluding hydrogens is 555 g/mol. The lowest BCUT2D eigenvalue weighted by molar-refractivity contribution is 0.672. The average Bonchev–Trinajstić information content (AvgIpc) is 3.36. The summed E-state index contributed by atoms with van der Waals surface area (Å²) in [6, 6.07) is 59.9. The zero-order chi connectivity index (χ0) is 30.8. The maximum absolute atomic E-state index is 2.41. The monoisotopic (exact) mass is 587 g/mol. The van der Waals surface area contributed by atoms with Gasteiger partial charge in [0.05, 0.1) is 0 Å². The predicted molar refractivity (Wildman–Crippen MR) is 197 cm³/mol. The van der Waals surface area contributed by atoms with E-state index in [9.17, 15) is 0 Å². The molecule has 0 unspecified atom stereocenters. The molecule has 0 bridgehead atoms. The summed E-state index contributed by atoms with van der Waals surface area (Å²) in [6.45, 7) is 4.83. The van der Waals surface area contributed by atoms with Crippen LogP contribution in [-0.4, -0.2) is 0 Å². The minimum absolute atomic E-state index is 0.154. The average molecular weight is 588 g/mol. The lowest BCUT2D eigenvalue weighted by Gasteiger charge is -2.28. The van der Waals surface area contributed by atoms with E-state index in [1.54, 1.807) is 0 Å². The second kappa shape index (κ2) is 10.2. The molecule has 9 rings (SSSR count). The van der Waals surface area contributed by atoms with E-state index < -0.39 is 0 Å². The van der Waals surface area contributed by atoms with Gasteiger partial charge in [-0.2, -0.15) is 0 Å². The fourth-order valence-electron chi connectivity index (χ4n) is 8.00. The van der Waals surface area contributed by atoms with Crippen LogP contribution in [0.25, 0.3) is 54.6 Å². The molecule has 0 amide bonds. The van der Waals surface area contributed by atoms with E-state index in [1.807, 2.05) is 0 Å². The highest BCUT2D eigenvalue weighted by atomic mass is 15.1. The Hall–Kier alpha value is -5.66. The van der Waals surface area contributed by atoms with Crippen LogP contribution in [0.2, 0.25) is 0 Å². The van der Waals surface area contributed by atoms with Crippen molar-refractivity contribution in [1.82, 2.24) is 0 Å². The maximum Gasteiger partial charge on any atom is 0.0468 e. The molecule has 218 valence electrons. The van der Waals surface area contributed by atoms with Crippen LogP contribution in [0.1, 0.15) is 25.0 Å². The largest absolute Gasteiger partial charge is 0.310 e. The molecule has 0 N–H and O–H groups in total. The molecule has 46 heavy (non-hydrogen) atoms. The molecule has 1 nitrogen and oxygen atoms in total. The summed E-state index contributed by atoms with van der Waals surface area (Å²) in [4.78, 5) is 2.39. The summed E-state index contributed by atoms with van der Waals surface area (Å²) in [6.07, 6.45) is 0. The molecule has 0 atom stereocenters. The van der Waals surface area contributed by atoms with Crippen molar-refractivity contribution in [3.8, 4) is 22.3 Å². The summed E-state index contributed by atoms with van der Waals surface area (Å²) in [5, 5.41) is 7.88. The van der Waals surface area contributed by atoms with Crippen molar-refractivity contribution in [3.63, 3.8) is 0 Å². The smallest absolute Gasteiger partial charge is 0.0468 e. The predicted octanol–water partition coefficient (Wildman–Crippen LogP) is 12.6. The maximum atomic E-state index is 2.41. The molecule has 0 spiro atoms. The summed E-state index contributed by atoms with van der Waals surface area (Å²) >= 11 is 0. The van der Waals surface area contributed by atoms with Crippen LogP contribution in [0.3, 0.4) is 0 Å². The fourth-order valence-corrected chi connectivity index (χ4v) is 8.00. The molecule has 8 aromatic rings. The molecular formula is C45H33N. The van der Waals surface area contributed by atoms with Crippen LogP contribution >= 0.6 is 0 Å². The topological polar surface area (TPSA) is 3.24 Å². The Morgan fingerprint density at radius 3 is 1.83 bits per heavy atom. The Balaban J connectivity index is 1.31. The first kappa shape index (κ1) is 26.7. The number of fused-ring (bicyclic) bond motifs is 10. The van der Waals surface area contributed by atoms with E-state index >= 15 is 0 Å². The van der Waals surface area contributed by atoms with Gasteiger partial charge < -0.3 is 4.90 Å². The molecule has 0 heterocycles. The lowest BCUT2D eigenvalue weighted by atomic mass is 9.78. The van der Waals surface area contributed by atoms with Crippen LogP contribution in [0, 0.1) is 0 Å². The fraction of sp³-hybridized carbons (Fsp3) is 0.0667. The Kier molecular flexibility index (Phi) is 5.92. The molecule has 0 saturated carbocycles. The van der Waals surface area contributed by atoms with Crippen LogP contribution in [0.4, 0.5) is 17.1 Å². The van der Waals surface area contributed by atoms with Gasteiger partial charge in [-0.3, -0.25) is 0 Å². The summed E-state index contributed by atoms with van der Waals surface area (Å²) in [5.74, 6) is 0. The van der Waals surface area contributed by atoms with E-state index in [1.165, 1.54) is 65.7 Å². The van der Waals surface area contributed by atoms with Crippen molar-refractivity contribution in [3.05, 3.63) is 175 Å². The Morgan fingerprint density at radius 2 is 1.02 bits per heavy atom. The normalized spacial score (nSPS) is 13.2. The van der Waals surface area contributed by atoms with Gasteiger partial charge in [-0.05, 0) is 102 Å². The first-order chi connectivity index (χ1) is 22.6. The quantitative estimate of drug-likeness (QED) is 0.185. The third-order valence-corrected chi connectivity index (χ3v) is 9.94. The number of hydrogen-bond acceptors (Lipinski definition) is 1. The molecule has 0 radical (unpaired) electrons. The number of para-hydroxylation sites is 1. The van der Waals surface area contributed by atoms with Gasteiger partial charge in [-0.25, -0.2) is 0 Å². The number of hydrogen-bond donors (Lipinski definition) is 0. The van der Waals surface area contributed by atoms with E-state index in [0.29, 0.717) is 0 Å². The number of nitrogens with zero attached hydrogens (tertiary/aromatic N) is 1. The second-order valence-electron chi connectivity index (χ2n) is 12.9. The second-order valence-corrected chi connectivity index (χ2v) is 12.9. The van der Waals surface area contributed by atoms with Crippen molar-refractivity contribution in [1.29, 1.82) is 0 Å². The van der Waals surface area contributed by atoms with Gasteiger partial charge in [0.1, 0.15) is 0 Å². The van der Waals surface area contributed by atoms with E-state index in [2.05, 4.69) is 183 Å². The minimum atomic E-state index is -0.154. The highest BCUT2D eigenvalue weighted by molar-refractivity contribution is 6.20. The summed E-state index contributed by atoms with van der Waals surface area (Å²) in [7, 11) is 0. The zero-order valence-corrected chi connectivity index (χ0v) is 26.0. The Labute approximate surface area is 270 Å². The minimum Gasteiger partial charge on any atom is -0.310 e. The van der Waals surface area contributed by atoms with E-state index in [4.69, 9.17) is 0 Å². The molecule has 0 fully saturated rings. The molecule has 1 heteroatoms. The van der Waals surface area contributed by atoms with E-state index in [-0.39, 0.29) is 5.41 Å². The molecule has 1 aliphatic rings. The van der Waals surface area contributed by atoms with Gasteiger partial charge in [0, 0.05) is 22.5 Å². The van der Waals surface area contributed by atoms with Gasteiger partial charge in [0.25, 0.3) is 0 Å². The molecule has 0 aliphatic heterocycles. The number of anilines is 3. The van der Waals surface area contributed by atoms with Crippen molar-refractivity contribution in [2.24, 2.45) is 0 Å². The first-order valence-electron chi connectivity index (χ1n) is 16.1. The van der Waals surface area contributed by atoms with E-state index in [0.717, 1.165) is 17.1 Å². The third-order valence-electron chi connectivity index (χ3n) is 9.94. The van der Waals surface area contributed by atoms with Gasteiger partial charge in [0.2, 0.25) is 0 Å². The van der Waals surface area contributed by atoms with Crippen LogP contribution in [0.5, 0.6) is 0 Å². The van der Waals surface area contributed by atoms with Crippen LogP contribution in [-0.2, 0) is 5.41 Å². The van der Waals surface area contributed by atoms with Crippen molar-refractivity contribution in [2.45, 2.75) is 19.3 Å². The number of rotatable bonds is 4. The van der Waals surface area contributed by atoms with Crippen molar-refractivity contribution < 1.29 is 0 Å². The lowest BCUT2D eigenvalue weighted by Crippen LogP contribution is -2.16. The molecule has 8 aromatic carbocycles. The van der Waals surface area contributed by atoms with Gasteiger partial charge in [0.15, 0.2) is 0 Å². The van der Waals surface area contributed by atoms with Crippen LogP contribution in [0.15, 0.2) is 164 Å². The SMILES string of the molecule is CC1(C)c2c(ccc3ccccc23)-c2c1c1ccc(N(c3ccccc3)c3cccc(-c4ccccc4)c3)cc1c1ccccc21. The summed E-state index contributed by atoms with van der Waals surface area (Å²) < 4.78 is 0. The Bertz CT molecular complexity index is 2440. The third kappa shape index (κ3) is 3.95. The van der Waals surface area contributed by atoms with Crippen molar-refractivity contribution in [2.75, 3.05) is 4.90 Å². The van der Waals surface area contributed by atoms with Gasteiger partial charge in [-0.15, -0.1) is 0 Å². The first-order valence-corrected chi connectivity index (χ1v) is 16.1. The highest BCUT2D eigenvalue weighted by Crippen LogP contribution is 2.56. The number of benzene rings is 8. The molecule has 0 aromatic heterocycles. The summed E-state index contributed by atoms with van der Waals surface area (Å²) in [5.41, 5.74) is 11.3. The highest BCUT2D eigenvalue weighted by Gasteiger charge is 2.39. The zero-order valence-electron chi connectivity index (χ0n) is 26.0. The van der Waals surface area contributed by atoms with Gasteiger partial charge in [-0.1, -0.05) is 141 Å². The molecule has 0 saturated heterocycles. The Morgan fingerprint density at radius 1 is 0.391 bits per heavy atom. The van der Waals surface area contributed by atoms with Gasteiger partial charge >= 0.3 is 0 Å². The standard InChI is InChI=1S/C45H33N/c1-45(2)43-36-21-10-9-16-31(36)24-26-40(43)42-38-23-12-11-22-37(38)41-29-35(25-27-39(41)44(42)45)46(33-18-7-4-8-19-33)34-20-13-17-32(28-34)30-14-5-3-6-15-30/h3-29H,1-2H3. The van der Waals surface area contributed by atoms with Crippen molar-refractivity contribution >= 4 is 49.4 Å². The molecule has 1 aliphatic carbocycles. The van der Waals surface area contributed by atoms with Crippen LogP contribution < -0.4 is 4.90 Å².